The average molecular weight is 282 g/mol. The van der Waals surface area contributed by atoms with Gasteiger partial charge in [-0.15, -0.1) is 0 Å². The van der Waals surface area contributed by atoms with Crippen molar-refractivity contribution < 1.29 is 9.13 Å². The number of benzene rings is 2. The fraction of sp³-hybridized carbons (Fsp3) is 0.235. The van der Waals surface area contributed by atoms with Crippen LogP contribution in [-0.4, -0.2) is 18.1 Å². The van der Waals surface area contributed by atoms with E-state index in [2.05, 4.69) is 4.90 Å². The monoisotopic (exact) mass is 282 g/mol. The van der Waals surface area contributed by atoms with Crippen molar-refractivity contribution in [1.29, 1.82) is 5.26 Å². The molecule has 0 spiro atoms. The Morgan fingerprint density at radius 2 is 2.10 bits per heavy atom. The van der Waals surface area contributed by atoms with Crippen LogP contribution in [0.4, 0.5) is 4.39 Å². The van der Waals surface area contributed by atoms with Gasteiger partial charge in [-0.2, -0.15) is 5.26 Å². The Labute approximate surface area is 123 Å². The lowest BCUT2D eigenvalue weighted by molar-refractivity contribution is 0.217. The molecule has 1 aliphatic heterocycles. The maximum Gasteiger partial charge on any atom is 0.129 e. The van der Waals surface area contributed by atoms with E-state index in [-0.39, 0.29) is 5.82 Å². The molecule has 0 amide bonds. The van der Waals surface area contributed by atoms with Crippen LogP contribution < -0.4 is 4.74 Å². The number of nitriles is 1. The molecule has 106 valence electrons. The minimum Gasteiger partial charge on any atom is -0.492 e. The normalized spacial score (nSPS) is 14.7. The van der Waals surface area contributed by atoms with Crippen molar-refractivity contribution in [2.24, 2.45) is 0 Å². The van der Waals surface area contributed by atoms with E-state index in [1.54, 1.807) is 12.1 Å². The fourth-order valence-electron chi connectivity index (χ4n) is 2.50. The quantitative estimate of drug-likeness (QED) is 0.849. The molecule has 4 heteroatoms. The van der Waals surface area contributed by atoms with Gasteiger partial charge in [0.15, 0.2) is 0 Å². The van der Waals surface area contributed by atoms with Gasteiger partial charge >= 0.3 is 0 Å². The van der Waals surface area contributed by atoms with Crippen LogP contribution in [0.15, 0.2) is 42.5 Å². The maximum atomic E-state index is 14.0. The summed E-state index contributed by atoms with van der Waals surface area (Å²) in [6.45, 7) is 2.58. The van der Waals surface area contributed by atoms with Gasteiger partial charge in [0, 0.05) is 30.8 Å². The van der Waals surface area contributed by atoms with Crippen molar-refractivity contribution >= 4 is 0 Å². The summed E-state index contributed by atoms with van der Waals surface area (Å²) in [4.78, 5) is 2.15. The standard InChI is InChI=1S/C17H15FN2O/c18-16-9-13(10-19)5-6-14(16)11-20-7-8-21-17-4-2-1-3-15(17)12-20/h1-6,9H,7-8,11-12H2. The van der Waals surface area contributed by atoms with E-state index in [4.69, 9.17) is 10.00 Å². The highest BCUT2D eigenvalue weighted by Crippen LogP contribution is 2.23. The van der Waals surface area contributed by atoms with Crippen molar-refractivity contribution in [2.75, 3.05) is 13.2 Å². The van der Waals surface area contributed by atoms with Gasteiger partial charge in [-0.05, 0) is 18.2 Å². The molecule has 0 N–H and O–H groups in total. The molecule has 0 fully saturated rings. The average Bonchev–Trinajstić information content (AvgIpc) is 2.71. The molecule has 1 heterocycles. The largest absolute Gasteiger partial charge is 0.492 e. The van der Waals surface area contributed by atoms with E-state index >= 15 is 0 Å². The van der Waals surface area contributed by atoms with Crippen LogP contribution in [0.1, 0.15) is 16.7 Å². The molecule has 0 atom stereocenters. The Morgan fingerprint density at radius 3 is 2.90 bits per heavy atom. The fourth-order valence-corrected chi connectivity index (χ4v) is 2.50. The molecule has 0 saturated carbocycles. The van der Waals surface area contributed by atoms with Crippen molar-refractivity contribution in [3.63, 3.8) is 0 Å². The number of hydrogen-bond donors (Lipinski definition) is 0. The van der Waals surface area contributed by atoms with Crippen LogP contribution in [0.3, 0.4) is 0 Å². The Morgan fingerprint density at radius 1 is 1.24 bits per heavy atom. The smallest absolute Gasteiger partial charge is 0.129 e. The van der Waals surface area contributed by atoms with Crippen LogP contribution in [0.25, 0.3) is 0 Å². The molecule has 0 bridgehead atoms. The van der Waals surface area contributed by atoms with E-state index in [0.29, 0.717) is 24.3 Å². The summed E-state index contributed by atoms with van der Waals surface area (Å²) in [6.07, 6.45) is 0. The minimum atomic E-state index is -0.326. The highest BCUT2D eigenvalue weighted by atomic mass is 19.1. The SMILES string of the molecule is N#Cc1ccc(CN2CCOc3ccccc3C2)c(F)c1. The molecular weight excluding hydrogens is 267 g/mol. The zero-order chi connectivity index (χ0) is 14.7. The van der Waals surface area contributed by atoms with Crippen LogP contribution in [0, 0.1) is 17.1 Å². The molecule has 0 aromatic heterocycles. The number of rotatable bonds is 2. The lowest BCUT2D eigenvalue weighted by Crippen LogP contribution is -2.25. The number of fused-ring (bicyclic) bond motifs is 1. The van der Waals surface area contributed by atoms with Gasteiger partial charge in [0.25, 0.3) is 0 Å². The van der Waals surface area contributed by atoms with Crippen molar-refractivity contribution in [1.82, 2.24) is 4.90 Å². The summed E-state index contributed by atoms with van der Waals surface area (Å²) in [5, 5.41) is 8.78. The Bertz CT molecular complexity index is 693. The molecule has 3 nitrogen and oxygen atoms in total. The third kappa shape index (κ3) is 3.04. The minimum absolute atomic E-state index is 0.326. The molecule has 0 saturated heterocycles. The van der Waals surface area contributed by atoms with Crippen LogP contribution in [-0.2, 0) is 13.1 Å². The molecule has 2 aromatic carbocycles. The first-order chi connectivity index (χ1) is 10.3. The zero-order valence-corrected chi connectivity index (χ0v) is 11.6. The summed E-state index contributed by atoms with van der Waals surface area (Å²) in [6, 6.07) is 14.5. The summed E-state index contributed by atoms with van der Waals surface area (Å²) >= 11 is 0. The summed E-state index contributed by atoms with van der Waals surface area (Å²) in [5.41, 5.74) is 2.07. The number of halogens is 1. The third-order valence-electron chi connectivity index (χ3n) is 3.61. The van der Waals surface area contributed by atoms with E-state index in [9.17, 15) is 4.39 Å². The molecular formula is C17H15FN2O. The van der Waals surface area contributed by atoms with Crippen molar-refractivity contribution in [3.8, 4) is 11.8 Å². The predicted molar refractivity (Wildman–Crippen MR) is 77.2 cm³/mol. The highest BCUT2D eigenvalue weighted by molar-refractivity contribution is 5.35. The maximum absolute atomic E-state index is 14.0. The summed E-state index contributed by atoms with van der Waals surface area (Å²) < 4.78 is 19.7. The molecule has 2 aromatic rings. The van der Waals surface area contributed by atoms with Gasteiger partial charge in [0.05, 0.1) is 11.6 Å². The van der Waals surface area contributed by atoms with Gasteiger partial charge in [-0.1, -0.05) is 24.3 Å². The van der Waals surface area contributed by atoms with Crippen molar-refractivity contribution in [2.45, 2.75) is 13.1 Å². The Hall–Kier alpha value is -2.38. The Balaban J connectivity index is 1.78. The second-order valence-electron chi connectivity index (χ2n) is 5.08. The van der Waals surface area contributed by atoms with Crippen LogP contribution >= 0.6 is 0 Å². The lowest BCUT2D eigenvalue weighted by atomic mass is 10.1. The van der Waals surface area contributed by atoms with E-state index in [1.807, 2.05) is 30.3 Å². The number of hydrogen-bond acceptors (Lipinski definition) is 3. The second-order valence-corrected chi connectivity index (χ2v) is 5.08. The first kappa shape index (κ1) is 13.6. The van der Waals surface area contributed by atoms with Gasteiger partial charge in [-0.25, -0.2) is 4.39 Å². The van der Waals surface area contributed by atoms with Crippen LogP contribution in [0.2, 0.25) is 0 Å². The molecule has 3 rings (SSSR count). The third-order valence-corrected chi connectivity index (χ3v) is 3.61. The first-order valence-corrected chi connectivity index (χ1v) is 6.88. The molecule has 21 heavy (non-hydrogen) atoms. The van der Waals surface area contributed by atoms with Gasteiger partial charge in [-0.3, -0.25) is 4.90 Å². The number of ether oxygens (including phenoxy) is 1. The molecule has 0 unspecified atom stereocenters. The Kier molecular flexibility index (Phi) is 3.85. The number of para-hydroxylation sites is 1. The van der Waals surface area contributed by atoms with Gasteiger partial charge in [0.2, 0.25) is 0 Å². The van der Waals surface area contributed by atoms with Gasteiger partial charge in [0.1, 0.15) is 18.2 Å². The van der Waals surface area contributed by atoms with E-state index in [1.165, 1.54) is 6.07 Å². The molecule has 1 aliphatic rings. The first-order valence-electron chi connectivity index (χ1n) is 6.88. The highest BCUT2D eigenvalue weighted by Gasteiger charge is 2.16. The summed E-state index contributed by atoms with van der Waals surface area (Å²) in [5.74, 6) is 0.577. The second kappa shape index (κ2) is 5.94. The molecule has 0 aliphatic carbocycles. The lowest BCUT2D eigenvalue weighted by Gasteiger charge is -2.19. The van der Waals surface area contributed by atoms with Gasteiger partial charge < -0.3 is 4.74 Å². The summed E-state index contributed by atoms with van der Waals surface area (Å²) in [7, 11) is 0. The molecule has 0 radical (unpaired) electrons. The van der Waals surface area contributed by atoms with Crippen molar-refractivity contribution in [3.05, 3.63) is 65.0 Å². The zero-order valence-electron chi connectivity index (χ0n) is 11.6. The van der Waals surface area contributed by atoms with E-state index < -0.39 is 0 Å². The topological polar surface area (TPSA) is 36.3 Å². The van der Waals surface area contributed by atoms with Crippen LogP contribution in [0.5, 0.6) is 5.75 Å². The van der Waals surface area contributed by atoms with E-state index in [0.717, 1.165) is 24.4 Å². The predicted octanol–water partition coefficient (Wildman–Crippen LogP) is 3.09. The number of nitrogens with zero attached hydrogens (tertiary/aromatic N) is 2.